The molecule has 6 nitrogen and oxygen atoms in total. The summed E-state index contributed by atoms with van der Waals surface area (Å²) in [4.78, 5) is 0. The van der Waals surface area contributed by atoms with Crippen molar-refractivity contribution in [2.45, 2.75) is 31.7 Å². The van der Waals surface area contributed by atoms with Crippen LogP contribution in [0.1, 0.15) is 25.7 Å². The highest BCUT2D eigenvalue weighted by Crippen LogP contribution is 2.64. The number of para-hydroxylation sites is 3. The van der Waals surface area contributed by atoms with Gasteiger partial charge in [-0.05, 0) is 48.1 Å². The van der Waals surface area contributed by atoms with Crippen molar-refractivity contribution in [3.8, 4) is 0 Å². The molecule has 0 radical (unpaired) electrons. The van der Waals surface area contributed by atoms with Gasteiger partial charge in [0, 0.05) is 12.6 Å². The van der Waals surface area contributed by atoms with E-state index >= 15 is 0 Å². The summed E-state index contributed by atoms with van der Waals surface area (Å²) in [6.45, 7) is 1.68. The Kier molecular flexibility index (Phi) is 8.01. The van der Waals surface area contributed by atoms with Crippen LogP contribution in [0.4, 0.5) is 25.8 Å². The van der Waals surface area contributed by atoms with Crippen molar-refractivity contribution in [1.29, 1.82) is 0 Å². The quantitative estimate of drug-likeness (QED) is 0.440. The Morgan fingerprint density at radius 3 is 2.29 bits per heavy atom. The van der Waals surface area contributed by atoms with Gasteiger partial charge in [-0.1, -0.05) is 31.0 Å². The highest BCUT2D eigenvalue weighted by Gasteiger charge is 2.43. The van der Waals surface area contributed by atoms with Crippen LogP contribution in [0.3, 0.4) is 0 Å². The zero-order chi connectivity index (χ0) is 21.1. The first-order chi connectivity index (χ1) is 14.5. The van der Waals surface area contributed by atoms with Crippen LogP contribution < -0.4 is 13.9 Å². The summed E-state index contributed by atoms with van der Waals surface area (Å²) in [6, 6.07) is 10.7. The molecule has 1 saturated carbocycles. The summed E-state index contributed by atoms with van der Waals surface area (Å²) in [7, 11) is -3.70. The van der Waals surface area contributed by atoms with Crippen molar-refractivity contribution in [2.24, 2.45) is 0 Å². The van der Waals surface area contributed by atoms with Gasteiger partial charge in [0.1, 0.15) is 5.69 Å². The molecule has 10 heteroatoms. The van der Waals surface area contributed by atoms with E-state index in [0.717, 1.165) is 23.0 Å². The van der Waals surface area contributed by atoms with Crippen LogP contribution in [0, 0.1) is 11.6 Å². The van der Waals surface area contributed by atoms with E-state index in [9.17, 15) is 17.9 Å². The highest BCUT2D eigenvalue weighted by atomic mass is 35.5. The highest BCUT2D eigenvalue weighted by molar-refractivity contribution is 8.27. The lowest BCUT2D eigenvalue weighted by molar-refractivity contribution is 0.141. The van der Waals surface area contributed by atoms with Gasteiger partial charge in [0.2, 0.25) is 0 Å². The normalized spacial score (nSPS) is 18.7. The fourth-order valence-electron chi connectivity index (χ4n) is 4.09. The molecule has 1 aliphatic heterocycles. The van der Waals surface area contributed by atoms with Crippen LogP contribution in [0.2, 0.25) is 0 Å². The molecular weight excluding hydrogens is 448 g/mol. The molecule has 2 aliphatic rings. The molecule has 1 aliphatic carbocycles. The van der Waals surface area contributed by atoms with Gasteiger partial charge in [0.15, 0.2) is 11.6 Å². The summed E-state index contributed by atoms with van der Waals surface area (Å²) >= 11 is 0. The van der Waals surface area contributed by atoms with Crippen molar-refractivity contribution >= 4 is 40.4 Å². The molecule has 4 rings (SSSR count). The van der Waals surface area contributed by atoms with Gasteiger partial charge in [-0.2, -0.15) is 0 Å². The molecule has 2 aromatic carbocycles. The van der Waals surface area contributed by atoms with E-state index in [-0.39, 0.29) is 25.6 Å². The van der Waals surface area contributed by atoms with Gasteiger partial charge in [0.25, 0.3) is 0 Å². The third-order valence-electron chi connectivity index (χ3n) is 5.52. The van der Waals surface area contributed by atoms with Crippen LogP contribution in [0.5, 0.6) is 0 Å². The molecule has 0 atom stereocenters. The second kappa shape index (κ2) is 10.3. The maximum Gasteiger partial charge on any atom is 0.151 e. The molecule has 1 heterocycles. The van der Waals surface area contributed by atoms with E-state index in [1.165, 1.54) is 36.1 Å². The zero-order valence-corrected chi connectivity index (χ0v) is 18.7. The average molecular weight is 476 g/mol. The number of fused-ring (bicyclic) bond motifs is 1. The van der Waals surface area contributed by atoms with Crippen LogP contribution >= 0.6 is 23.4 Å². The van der Waals surface area contributed by atoms with Crippen LogP contribution in [0.25, 0.3) is 0 Å². The second-order valence-corrected chi connectivity index (χ2v) is 9.28. The van der Waals surface area contributed by atoms with Crippen molar-refractivity contribution < 1.29 is 22.6 Å². The number of ether oxygens (including phenoxy) is 1. The van der Waals surface area contributed by atoms with Crippen LogP contribution in [0.15, 0.2) is 42.5 Å². The zero-order valence-electron chi connectivity index (χ0n) is 17.0. The van der Waals surface area contributed by atoms with Crippen molar-refractivity contribution in [3.05, 3.63) is 54.1 Å². The summed E-state index contributed by atoms with van der Waals surface area (Å²) in [5.74, 6) is -1.72. The number of benzene rings is 2. The first-order valence-corrected chi connectivity index (χ1v) is 11.7. The molecule has 2 aromatic rings. The molecule has 0 spiro atoms. The molecule has 0 amide bonds. The Hall–Kier alpha value is -1.62. The molecule has 3 N–H and O–H groups in total. The molecule has 0 aromatic heterocycles. The maximum absolute atomic E-state index is 14.4. The van der Waals surface area contributed by atoms with E-state index in [2.05, 4.69) is 5.32 Å². The summed E-state index contributed by atoms with van der Waals surface area (Å²) < 4.78 is 58.8. The van der Waals surface area contributed by atoms with Crippen molar-refractivity contribution in [3.63, 3.8) is 0 Å². The minimum Gasteiger partial charge on any atom is -0.378 e. The molecule has 0 bridgehead atoms. The van der Waals surface area contributed by atoms with Gasteiger partial charge < -0.3 is 10.1 Å². The topological polar surface area (TPSA) is 68.2 Å². The van der Waals surface area contributed by atoms with Crippen molar-refractivity contribution in [2.75, 3.05) is 34.9 Å². The van der Waals surface area contributed by atoms with Gasteiger partial charge in [-0.3, -0.25) is 9.11 Å². The first-order valence-electron chi connectivity index (χ1n) is 10.2. The lowest BCUT2D eigenvalue weighted by Gasteiger charge is -2.43. The monoisotopic (exact) mass is 475 g/mol. The van der Waals surface area contributed by atoms with Crippen molar-refractivity contribution in [1.82, 2.24) is 5.32 Å². The fraction of sp³-hybridized carbons (Fsp3) is 0.429. The number of nitrogens with one attached hydrogen (secondary N) is 1. The van der Waals surface area contributed by atoms with Crippen LogP contribution in [-0.4, -0.2) is 41.5 Å². The minimum absolute atomic E-state index is 0. The van der Waals surface area contributed by atoms with E-state index in [1.54, 1.807) is 24.3 Å². The largest absolute Gasteiger partial charge is 0.378 e. The molecule has 0 unspecified atom stereocenters. The lowest BCUT2D eigenvalue weighted by atomic mass is 10.2. The Morgan fingerprint density at radius 2 is 1.61 bits per heavy atom. The summed E-state index contributed by atoms with van der Waals surface area (Å²) in [5, 5.41) is 3.46. The molecule has 31 heavy (non-hydrogen) atoms. The van der Waals surface area contributed by atoms with Gasteiger partial charge >= 0.3 is 0 Å². The lowest BCUT2D eigenvalue weighted by Crippen LogP contribution is -2.35. The minimum atomic E-state index is -3.70. The standard InChI is InChI=1S/C21H27F2N3O3S.ClH/c22-17-8-5-9-18(23)21(17)26-20-11-4-3-10-19(20)25(30(26,27)28)13-15-29-14-12-24-16-6-1-2-7-16;/h3-5,8-11,16,24,27-28H,1-2,6-7,12-15H2;1H. The predicted molar refractivity (Wildman–Crippen MR) is 123 cm³/mol. The van der Waals surface area contributed by atoms with Gasteiger partial charge in [-0.25, -0.2) is 17.4 Å². The number of nitrogens with zero attached hydrogens (tertiary/aromatic N) is 2. The third-order valence-corrected chi connectivity index (χ3v) is 7.36. The van der Waals surface area contributed by atoms with E-state index in [1.807, 2.05) is 0 Å². The van der Waals surface area contributed by atoms with Gasteiger partial charge in [0.05, 0.1) is 31.1 Å². The van der Waals surface area contributed by atoms with E-state index < -0.39 is 28.3 Å². The smallest absolute Gasteiger partial charge is 0.151 e. The molecule has 172 valence electrons. The Balaban J connectivity index is 0.00000272. The number of anilines is 3. The second-order valence-electron chi connectivity index (χ2n) is 7.49. The Bertz CT molecular complexity index is 866. The first kappa shape index (κ1) is 24.0. The fourth-order valence-corrected chi connectivity index (χ4v) is 5.87. The van der Waals surface area contributed by atoms with Crippen LogP contribution in [-0.2, 0) is 4.74 Å². The Labute approximate surface area is 189 Å². The average Bonchev–Trinajstić information content (AvgIpc) is 3.30. The Morgan fingerprint density at radius 1 is 0.968 bits per heavy atom. The number of hydrogen-bond donors (Lipinski definition) is 3. The maximum atomic E-state index is 14.4. The predicted octanol–water partition coefficient (Wildman–Crippen LogP) is 5.47. The van der Waals surface area contributed by atoms with Gasteiger partial charge in [-0.15, -0.1) is 12.4 Å². The number of rotatable bonds is 8. The van der Waals surface area contributed by atoms with E-state index in [0.29, 0.717) is 24.0 Å². The molecule has 1 fully saturated rings. The summed E-state index contributed by atoms with van der Waals surface area (Å²) in [6.07, 6.45) is 4.94. The number of hydrogen-bond acceptors (Lipinski definition) is 6. The molecule has 0 saturated heterocycles. The molecular formula is C21H28ClF2N3O3S. The SMILES string of the molecule is Cl.OS1(O)N(CCOCCNC2CCCC2)c2ccccc2N1c1c(F)cccc1F. The summed E-state index contributed by atoms with van der Waals surface area (Å²) in [5.41, 5.74) is 0.353. The van der Waals surface area contributed by atoms with E-state index in [4.69, 9.17) is 4.74 Å². The number of halogens is 3. The third kappa shape index (κ3) is 4.92.